The summed E-state index contributed by atoms with van der Waals surface area (Å²) in [6, 6.07) is 6.32. The summed E-state index contributed by atoms with van der Waals surface area (Å²) in [6.07, 6.45) is 0.275. The number of benzene rings is 2. The van der Waals surface area contributed by atoms with Gasteiger partial charge in [0.2, 0.25) is 10.0 Å². The molecule has 1 aliphatic heterocycles. The molecule has 12 heteroatoms. The number of hydrogen-bond donors (Lipinski definition) is 5. The van der Waals surface area contributed by atoms with Gasteiger partial charge < -0.3 is 25.6 Å². The quantitative estimate of drug-likeness (QED) is 0.261. The van der Waals surface area contributed by atoms with Crippen molar-refractivity contribution in [1.82, 2.24) is 9.29 Å². The summed E-state index contributed by atoms with van der Waals surface area (Å²) < 4.78 is 54.9. The van der Waals surface area contributed by atoms with Gasteiger partial charge in [-0.3, -0.25) is 0 Å². The summed E-state index contributed by atoms with van der Waals surface area (Å²) in [7, 11) is -3.99. The van der Waals surface area contributed by atoms with Gasteiger partial charge in [-0.25, -0.2) is 17.2 Å². The Morgan fingerprint density at radius 2 is 1.91 bits per heavy atom. The number of sulfonamides is 1. The molecule has 33 heavy (non-hydrogen) atoms. The second-order valence-corrected chi connectivity index (χ2v) is 10.4. The zero-order valence-corrected chi connectivity index (χ0v) is 18.8. The highest BCUT2D eigenvalue weighted by Crippen LogP contribution is 2.33. The predicted octanol–water partition coefficient (Wildman–Crippen LogP) is 2.71. The Balaban J connectivity index is 1.67. The summed E-state index contributed by atoms with van der Waals surface area (Å²) in [5, 5.41) is 32.9. The van der Waals surface area contributed by atoms with Crippen LogP contribution >= 0.6 is 11.6 Å². The maximum atomic E-state index is 13.7. The summed E-state index contributed by atoms with van der Waals surface area (Å²) in [4.78, 5) is 2.82. The lowest BCUT2D eigenvalue weighted by molar-refractivity contribution is -0.0480. The van der Waals surface area contributed by atoms with Crippen LogP contribution in [0.5, 0.6) is 0 Å². The topological polar surface area (TPSA) is 126 Å². The van der Waals surface area contributed by atoms with Gasteiger partial charge in [0, 0.05) is 47.5 Å². The summed E-state index contributed by atoms with van der Waals surface area (Å²) >= 11 is 5.67. The molecule has 0 aliphatic carbocycles. The zero-order valence-electron chi connectivity index (χ0n) is 17.2. The lowest BCUT2D eigenvalue weighted by Gasteiger charge is -2.36. The van der Waals surface area contributed by atoms with Crippen molar-refractivity contribution in [2.75, 3.05) is 25.0 Å². The first-order chi connectivity index (χ1) is 15.5. The zero-order chi connectivity index (χ0) is 24.0. The first-order valence-corrected chi connectivity index (χ1v) is 11.9. The lowest BCUT2D eigenvalue weighted by atomic mass is 9.94. The predicted molar refractivity (Wildman–Crippen MR) is 118 cm³/mol. The second-order valence-electron chi connectivity index (χ2n) is 8.04. The van der Waals surface area contributed by atoms with E-state index in [4.69, 9.17) is 11.6 Å². The smallest absolute Gasteiger partial charge is 0.243 e. The number of nitrogens with one attached hydrogen (secondary N) is 2. The van der Waals surface area contributed by atoms with Crippen LogP contribution in [0.3, 0.4) is 0 Å². The van der Waals surface area contributed by atoms with E-state index in [-0.39, 0.29) is 42.1 Å². The second kappa shape index (κ2) is 8.82. The van der Waals surface area contributed by atoms with Crippen LogP contribution in [-0.2, 0) is 10.0 Å². The van der Waals surface area contributed by atoms with Crippen molar-refractivity contribution >= 4 is 38.2 Å². The number of aromatic nitrogens is 1. The Morgan fingerprint density at radius 3 is 2.55 bits per heavy atom. The van der Waals surface area contributed by atoms with Crippen LogP contribution in [0.2, 0.25) is 5.02 Å². The number of piperidine rings is 1. The van der Waals surface area contributed by atoms with E-state index in [1.807, 2.05) is 0 Å². The number of aromatic amines is 1. The number of aliphatic hydroxyl groups is 3. The highest BCUT2D eigenvalue weighted by molar-refractivity contribution is 7.89. The minimum atomic E-state index is -3.99. The van der Waals surface area contributed by atoms with Crippen LogP contribution in [-0.4, -0.2) is 58.3 Å². The minimum absolute atomic E-state index is 0.00247. The molecule has 5 N–H and O–H groups in total. The highest BCUT2D eigenvalue weighted by Gasteiger charge is 2.37. The fraction of sp³-hybridized carbons (Fsp3) is 0.333. The Bertz CT molecular complexity index is 1270. The van der Waals surface area contributed by atoms with Crippen molar-refractivity contribution in [3.63, 3.8) is 0 Å². The van der Waals surface area contributed by atoms with Crippen molar-refractivity contribution in [1.29, 1.82) is 0 Å². The van der Waals surface area contributed by atoms with Crippen molar-refractivity contribution in [2.24, 2.45) is 0 Å². The number of rotatable bonds is 6. The summed E-state index contributed by atoms with van der Waals surface area (Å²) in [6.45, 7) is -0.414. The third-order valence-corrected chi connectivity index (χ3v) is 7.99. The molecular weight excluding hydrogens is 480 g/mol. The Labute approximate surface area is 193 Å². The van der Waals surface area contributed by atoms with Gasteiger partial charge in [-0.15, -0.1) is 0 Å². The first kappa shape index (κ1) is 23.9. The van der Waals surface area contributed by atoms with E-state index in [1.54, 1.807) is 12.3 Å². The third-order valence-electron chi connectivity index (χ3n) is 5.84. The van der Waals surface area contributed by atoms with Gasteiger partial charge in [0.05, 0.1) is 22.1 Å². The molecule has 1 aliphatic rings. The number of fused-ring (bicyclic) bond motifs is 1. The molecular formula is C21H22ClF2N3O5S. The van der Waals surface area contributed by atoms with Crippen molar-refractivity contribution in [3.05, 3.63) is 58.7 Å². The SMILES string of the molecule is O=S(=O)(c1cc(C(O)Nc2cc(F)c(F)c(Cl)c2)c2cc[nH]c2c1)N1CCC(O)(CO)CC1. The van der Waals surface area contributed by atoms with E-state index >= 15 is 0 Å². The van der Waals surface area contributed by atoms with Gasteiger partial charge >= 0.3 is 0 Å². The first-order valence-electron chi connectivity index (χ1n) is 10.1. The Morgan fingerprint density at radius 1 is 1.21 bits per heavy atom. The fourth-order valence-electron chi connectivity index (χ4n) is 3.87. The van der Waals surface area contributed by atoms with Crippen LogP contribution in [0, 0.1) is 11.6 Å². The normalized spacial score (nSPS) is 17.9. The molecule has 0 amide bonds. The van der Waals surface area contributed by atoms with Crippen LogP contribution in [0.1, 0.15) is 24.6 Å². The average molecular weight is 502 g/mol. The number of anilines is 1. The molecule has 0 saturated carbocycles. The molecule has 1 atom stereocenters. The Kier molecular flexibility index (Phi) is 6.38. The monoisotopic (exact) mass is 501 g/mol. The number of nitrogens with zero attached hydrogens (tertiary/aromatic N) is 1. The molecule has 3 aromatic rings. The molecule has 0 spiro atoms. The largest absolute Gasteiger partial charge is 0.393 e. The van der Waals surface area contributed by atoms with Crippen LogP contribution in [0.4, 0.5) is 14.5 Å². The minimum Gasteiger partial charge on any atom is -0.393 e. The van der Waals surface area contributed by atoms with Gasteiger partial charge in [0.15, 0.2) is 17.9 Å². The molecule has 2 heterocycles. The van der Waals surface area contributed by atoms with Crippen LogP contribution in [0.15, 0.2) is 41.4 Å². The molecule has 1 unspecified atom stereocenters. The van der Waals surface area contributed by atoms with E-state index in [0.717, 1.165) is 12.1 Å². The fourth-order valence-corrected chi connectivity index (χ4v) is 5.58. The van der Waals surface area contributed by atoms with Gasteiger partial charge in [-0.2, -0.15) is 4.31 Å². The molecule has 0 radical (unpaired) electrons. The van der Waals surface area contributed by atoms with Crippen LogP contribution in [0.25, 0.3) is 10.9 Å². The van der Waals surface area contributed by atoms with E-state index in [0.29, 0.717) is 10.9 Å². The summed E-state index contributed by atoms with van der Waals surface area (Å²) in [5.41, 5.74) is -0.675. The third kappa shape index (κ3) is 4.57. The van der Waals surface area contributed by atoms with Crippen molar-refractivity contribution < 1.29 is 32.5 Å². The van der Waals surface area contributed by atoms with Gasteiger partial charge in [-0.1, -0.05) is 11.6 Å². The average Bonchev–Trinajstić information content (AvgIpc) is 3.26. The molecule has 1 saturated heterocycles. The number of hydrogen-bond acceptors (Lipinski definition) is 6. The number of halogens is 3. The van der Waals surface area contributed by atoms with Gasteiger partial charge in [-0.05, 0) is 37.1 Å². The van der Waals surface area contributed by atoms with E-state index in [1.165, 1.54) is 16.4 Å². The standard InChI is InChI=1S/C21H22ClF2N3O5S/c22-16-7-12(8-17(23)19(16)24)26-20(29)15-9-13(10-18-14(15)1-4-25-18)33(31,32)27-5-2-21(30,11-28)3-6-27/h1,4,7-10,20,25-26,28-30H,2-3,5-6,11H2. The van der Waals surface area contributed by atoms with Crippen LogP contribution < -0.4 is 5.32 Å². The van der Waals surface area contributed by atoms with Crippen molar-refractivity contribution in [2.45, 2.75) is 29.6 Å². The van der Waals surface area contributed by atoms with E-state index < -0.39 is 45.1 Å². The molecule has 0 bridgehead atoms. The molecule has 8 nitrogen and oxygen atoms in total. The molecule has 178 valence electrons. The lowest BCUT2D eigenvalue weighted by Crippen LogP contribution is -2.48. The molecule has 1 fully saturated rings. The summed E-state index contributed by atoms with van der Waals surface area (Å²) in [5.74, 6) is -2.42. The van der Waals surface area contributed by atoms with Gasteiger partial charge in [0.25, 0.3) is 0 Å². The Hall–Kier alpha value is -2.28. The molecule has 2 aromatic carbocycles. The highest BCUT2D eigenvalue weighted by atomic mass is 35.5. The molecule has 1 aromatic heterocycles. The number of aliphatic hydroxyl groups excluding tert-OH is 2. The maximum Gasteiger partial charge on any atom is 0.243 e. The maximum absolute atomic E-state index is 13.7. The van der Waals surface area contributed by atoms with Gasteiger partial charge in [0.1, 0.15) is 0 Å². The number of H-pyrrole nitrogens is 1. The van der Waals surface area contributed by atoms with E-state index in [2.05, 4.69) is 10.3 Å². The molecule has 4 rings (SSSR count). The van der Waals surface area contributed by atoms with E-state index in [9.17, 15) is 32.5 Å². The van der Waals surface area contributed by atoms with Crippen molar-refractivity contribution in [3.8, 4) is 0 Å².